The Morgan fingerprint density at radius 3 is 2.41 bits per heavy atom. The molecule has 0 bridgehead atoms. The Labute approximate surface area is 101 Å². The molecule has 0 fully saturated rings. The van der Waals surface area contributed by atoms with Crippen LogP contribution in [0, 0.1) is 13.8 Å². The first kappa shape index (κ1) is 11.5. The molecule has 0 spiro atoms. The molecule has 0 atom stereocenters. The molecule has 2 heteroatoms. The van der Waals surface area contributed by atoms with Crippen LogP contribution in [0.25, 0.3) is 11.1 Å². The summed E-state index contributed by atoms with van der Waals surface area (Å²) in [5.74, 6) is 0.912. The summed E-state index contributed by atoms with van der Waals surface area (Å²) in [5, 5.41) is 10.0. The summed E-state index contributed by atoms with van der Waals surface area (Å²) in [5.41, 5.74) is 4.31. The zero-order chi connectivity index (χ0) is 12.4. The van der Waals surface area contributed by atoms with Gasteiger partial charge in [0, 0.05) is 11.6 Å². The highest BCUT2D eigenvalue weighted by atomic mass is 16.5. The zero-order valence-electron chi connectivity index (χ0n) is 10.3. The smallest absolute Gasteiger partial charge is 0.127 e. The molecule has 2 aromatic rings. The van der Waals surface area contributed by atoms with Crippen LogP contribution in [0.3, 0.4) is 0 Å². The van der Waals surface area contributed by atoms with Crippen LogP contribution < -0.4 is 4.74 Å². The zero-order valence-corrected chi connectivity index (χ0v) is 10.3. The second kappa shape index (κ2) is 4.50. The number of aromatic hydroxyl groups is 1. The lowest BCUT2D eigenvalue weighted by Crippen LogP contribution is -1.88. The minimum Gasteiger partial charge on any atom is -0.507 e. The highest BCUT2D eigenvalue weighted by Crippen LogP contribution is 2.34. The maximum atomic E-state index is 10.0. The fourth-order valence-electron chi connectivity index (χ4n) is 1.91. The third-order valence-corrected chi connectivity index (χ3v) is 3.10. The number of rotatable bonds is 2. The second-order valence-electron chi connectivity index (χ2n) is 4.13. The molecule has 17 heavy (non-hydrogen) atoms. The van der Waals surface area contributed by atoms with Crippen molar-refractivity contribution in [2.24, 2.45) is 0 Å². The lowest BCUT2D eigenvalue weighted by atomic mass is 9.96. The van der Waals surface area contributed by atoms with E-state index in [1.807, 2.05) is 24.3 Å². The van der Waals surface area contributed by atoms with Crippen molar-refractivity contribution in [1.29, 1.82) is 0 Å². The fourth-order valence-corrected chi connectivity index (χ4v) is 1.91. The molecule has 2 nitrogen and oxygen atoms in total. The van der Waals surface area contributed by atoms with Crippen LogP contribution in [0.4, 0.5) is 0 Å². The maximum absolute atomic E-state index is 10.0. The molecule has 1 N–H and O–H groups in total. The summed E-state index contributed by atoms with van der Waals surface area (Å²) in [7, 11) is 1.59. The van der Waals surface area contributed by atoms with E-state index in [2.05, 4.69) is 19.9 Å². The van der Waals surface area contributed by atoms with Crippen LogP contribution in [0.2, 0.25) is 0 Å². The number of hydrogen-bond acceptors (Lipinski definition) is 2. The molecule has 88 valence electrons. The van der Waals surface area contributed by atoms with E-state index in [0.717, 1.165) is 11.1 Å². The van der Waals surface area contributed by atoms with E-state index < -0.39 is 0 Å². The summed E-state index contributed by atoms with van der Waals surface area (Å²) in [6, 6.07) is 11.5. The maximum Gasteiger partial charge on any atom is 0.127 e. The Bertz CT molecular complexity index is 545. The van der Waals surface area contributed by atoms with Gasteiger partial charge in [-0.15, -0.1) is 0 Å². The molecule has 0 amide bonds. The van der Waals surface area contributed by atoms with Gasteiger partial charge in [0.25, 0.3) is 0 Å². The summed E-state index contributed by atoms with van der Waals surface area (Å²) in [6.45, 7) is 4.13. The van der Waals surface area contributed by atoms with Gasteiger partial charge in [-0.1, -0.05) is 18.2 Å². The Hall–Kier alpha value is -1.96. The normalized spacial score (nSPS) is 10.3. The van der Waals surface area contributed by atoms with Crippen LogP contribution >= 0.6 is 0 Å². The molecule has 0 heterocycles. The van der Waals surface area contributed by atoms with E-state index in [0.29, 0.717) is 5.75 Å². The van der Waals surface area contributed by atoms with Gasteiger partial charge in [-0.3, -0.25) is 0 Å². The number of methoxy groups -OCH3 is 1. The average molecular weight is 228 g/mol. The van der Waals surface area contributed by atoms with Crippen molar-refractivity contribution in [3.05, 3.63) is 47.5 Å². The van der Waals surface area contributed by atoms with Gasteiger partial charge in [0.2, 0.25) is 0 Å². The van der Waals surface area contributed by atoms with Gasteiger partial charge in [-0.25, -0.2) is 0 Å². The van der Waals surface area contributed by atoms with Gasteiger partial charge < -0.3 is 9.84 Å². The van der Waals surface area contributed by atoms with Crippen molar-refractivity contribution in [1.82, 2.24) is 0 Å². The number of aryl methyl sites for hydroxylation is 1. The largest absolute Gasteiger partial charge is 0.507 e. The van der Waals surface area contributed by atoms with Gasteiger partial charge in [0.15, 0.2) is 0 Å². The Morgan fingerprint density at radius 2 is 1.76 bits per heavy atom. The summed E-state index contributed by atoms with van der Waals surface area (Å²) in [6.07, 6.45) is 0. The number of benzene rings is 2. The van der Waals surface area contributed by atoms with Crippen LogP contribution in [-0.2, 0) is 0 Å². The van der Waals surface area contributed by atoms with Gasteiger partial charge in [0.05, 0.1) is 7.11 Å². The molecule has 2 aromatic carbocycles. The summed E-state index contributed by atoms with van der Waals surface area (Å²) in [4.78, 5) is 0. The molecule has 0 saturated heterocycles. The minimum atomic E-state index is 0.248. The van der Waals surface area contributed by atoms with Crippen molar-refractivity contribution < 1.29 is 9.84 Å². The molecule has 0 aliphatic rings. The molecule has 2 rings (SSSR count). The van der Waals surface area contributed by atoms with E-state index in [4.69, 9.17) is 4.74 Å². The van der Waals surface area contributed by atoms with Crippen LogP contribution in [-0.4, -0.2) is 12.2 Å². The molecule has 0 aromatic heterocycles. The number of phenols is 1. The highest BCUT2D eigenvalue weighted by molar-refractivity contribution is 5.74. The van der Waals surface area contributed by atoms with Crippen molar-refractivity contribution in [3.63, 3.8) is 0 Å². The van der Waals surface area contributed by atoms with E-state index in [1.165, 1.54) is 11.1 Å². The van der Waals surface area contributed by atoms with Crippen molar-refractivity contribution in [2.45, 2.75) is 13.8 Å². The quantitative estimate of drug-likeness (QED) is 0.849. The first-order valence-corrected chi connectivity index (χ1v) is 5.57. The molecule has 0 aliphatic heterocycles. The van der Waals surface area contributed by atoms with Crippen molar-refractivity contribution >= 4 is 0 Å². The van der Waals surface area contributed by atoms with Crippen LogP contribution in [0.15, 0.2) is 36.4 Å². The molecule has 0 unspecified atom stereocenters. The van der Waals surface area contributed by atoms with E-state index in [1.54, 1.807) is 13.2 Å². The minimum absolute atomic E-state index is 0.248. The van der Waals surface area contributed by atoms with E-state index >= 15 is 0 Å². The van der Waals surface area contributed by atoms with Crippen molar-refractivity contribution in [2.75, 3.05) is 7.11 Å². The predicted molar refractivity (Wildman–Crippen MR) is 69.6 cm³/mol. The number of ether oxygens (including phenoxy) is 1. The Balaban J connectivity index is 2.57. The lowest BCUT2D eigenvalue weighted by molar-refractivity contribution is 0.408. The third kappa shape index (κ3) is 2.11. The number of hydrogen-bond donors (Lipinski definition) is 1. The van der Waals surface area contributed by atoms with Crippen LogP contribution in [0.1, 0.15) is 11.1 Å². The average Bonchev–Trinajstić information content (AvgIpc) is 2.33. The first-order valence-electron chi connectivity index (χ1n) is 5.57. The summed E-state index contributed by atoms with van der Waals surface area (Å²) >= 11 is 0. The first-order chi connectivity index (χ1) is 8.13. The summed E-state index contributed by atoms with van der Waals surface area (Å²) < 4.78 is 5.08. The molecular formula is C15H16O2. The molecule has 0 saturated carbocycles. The topological polar surface area (TPSA) is 29.5 Å². The van der Waals surface area contributed by atoms with E-state index in [-0.39, 0.29) is 5.75 Å². The van der Waals surface area contributed by atoms with Gasteiger partial charge in [-0.05, 0) is 42.7 Å². The van der Waals surface area contributed by atoms with Crippen LogP contribution in [0.5, 0.6) is 11.5 Å². The lowest BCUT2D eigenvalue weighted by Gasteiger charge is -2.11. The predicted octanol–water partition coefficient (Wildman–Crippen LogP) is 3.68. The van der Waals surface area contributed by atoms with Crippen molar-refractivity contribution in [3.8, 4) is 22.6 Å². The standard InChI is InChI=1S/C15H16O2/c1-10-5-4-6-13(11(10)2)14-8-7-12(17-3)9-15(14)16/h4-9,16H,1-3H3. The monoisotopic (exact) mass is 228 g/mol. The molecule has 0 radical (unpaired) electrons. The SMILES string of the molecule is COc1ccc(-c2cccc(C)c2C)c(O)c1. The fraction of sp³-hybridized carbons (Fsp3) is 0.200. The molecular weight excluding hydrogens is 212 g/mol. The Kier molecular flexibility index (Phi) is 3.05. The second-order valence-corrected chi connectivity index (χ2v) is 4.13. The van der Waals surface area contributed by atoms with E-state index in [9.17, 15) is 5.11 Å². The molecule has 0 aliphatic carbocycles. The third-order valence-electron chi connectivity index (χ3n) is 3.10. The Morgan fingerprint density at radius 1 is 1.00 bits per heavy atom. The number of phenolic OH excluding ortho intramolecular Hbond substituents is 1. The van der Waals surface area contributed by atoms with Gasteiger partial charge in [0.1, 0.15) is 11.5 Å². The van der Waals surface area contributed by atoms with Gasteiger partial charge in [-0.2, -0.15) is 0 Å². The van der Waals surface area contributed by atoms with Gasteiger partial charge >= 0.3 is 0 Å². The highest BCUT2D eigenvalue weighted by Gasteiger charge is 2.09.